The molecule has 4 aromatic rings. The number of hydrogen-bond donors (Lipinski definition) is 1. The van der Waals surface area contributed by atoms with E-state index in [4.69, 9.17) is 4.74 Å². The molecular weight excluding hydrogens is 304 g/mol. The van der Waals surface area contributed by atoms with Crippen LogP contribution in [-0.2, 0) is 0 Å². The van der Waals surface area contributed by atoms with E-state index < -0.39 is 0 Å². The Labute approximate surface area is 138 Å². The number of benzene rings is 1. The first-order valence-electron chi connectivity index (χ1n) is 7.36. The zero-order chi connectivity index (χ0) is 16.4. The highest BCUT2D eigenvalue weighted by atomic mass is 16.5. The van der Waals surface area contributed by atoms with Gasteiger partial charge in [0, 0.05) is 11.9 Å². The van der Waals surface area contributed by atoms with E-state index in [1.807, 2.05) is 42.5 Å². The zero-order valence-electron chi connectivity index (χ0n) is 12.9. The molecule has 0 atom stereocenters. The van der Waals surface area contributed by atoms with Gasteiger partial charge in [0.2, 0.25) is 0 Å². The van der Waals surface area contributed by atoms with Gasteiger partial charge >= 0.3 is 0 Å². The van der Waals surface area contributed by atoms with Crippen LogP contribution < -0.4 is 10.1 Å². The second-order valence-electron chi connectivity index (χ2n) is 5.06. The number of hydrogen-bond acceptors (Lipinski definition) is 6. The van der Waals surface area contributed by atoms with Crippen LogP contribution in [0.3, 0.4) is 0 Å². The standard InChI is InChI=1S/C17H14N6O/c1-24-13-7-5-12(6-8-13)22-16-14-10-21-23(17(14)20-11-19-16)15-4-2-3-9-18-15/h2-11H,1H3,(H,19,20,22). The van der Waals surface area contributed by atoms with Gasteiger partial charge in [-0.3, -0.25) is 0 Å². The Morgan fingerprint density at radius 3 is 2.62 bits per heavy atom. The molecule has 0 unspecified atom stereocenters. The van der Waals surface area contributed by atoms with Crippen molar-refractivity contribution in [2.24, 2.45) is 0 Å². The number of ether oxygens (including phenoxy) is 1. The van der Waals surface area contributed by atoms with Crippen molar-refractivity contribution in [2.75, 3.05) is 12.4 Å². The first kappa shape index (κ1) is 14.1. The lowest BCUT2D eigenvalue weighted by Crippen LogP contribution is -2.01. The van der Waals surface area contributed by atoms with Crippen LogP contribution in [0, 0.1) is 0 Å². The minimum absolute atomic E-state index is 0.687. The summed E-state index contributed by atoms with van der Waals surface area (Å²) in [7, 11) is 1.64. The number of anilines is 2. The Kier molecular flexibility index (Phi) is 3.51. The molecule has 0 aliphatic carbocycles. The number of nitrogens with one attached hydrogen (secondary N) is 1. The molecule has 0 aliphatic heterocycles. The predicted octanol–water partition coefficient (Wildman–Crippen LogP) is 2.96. The summed E-state index contributed by atoms with van der Waals surface area (Å²) < 4.78 is 6.86. The van der Waals surface area contributed by atoms with Crippen LogP contribution in [0.4, 0.5) is 11.5 Å². The number of pyridine rings is 1. The molecule has 24 heavy (non-hydrogen) atoms. The molecule has 0 saturated heterocycles. The molecule has 0 saturated carbocycles. The minimum atomic E-state index is 0.687. The van der Waals surface area contributed by atoms with Crippen LogP contribution >= 0.6 is 0 Å². The Morgan fingerprint density at radius 2 is 1.88 bits per heavy atom. The van der Waals surface area contributed by atoms with Crippen LogP contribution in [0.25, 0.3) is 16.9 Å². The molecule has 118 valence electrons. The van der Waals surface area contributed by atoms with Gasteiger partial charge in [-0.25, -0.2) is 15.0 Å². The fourth-order valence-electron chi connectivity index (χ4n) is 2.40. The van der Waals surface area contributed by atoms with Gasteiger partial charge in [-0.2, -0.15) is 9.78 Å². The first-order chi connectivity index (χ1) is 11.8. The van der Waals surface area contributed by atoms with E-state index in [9.17, 15) is 0 Å². The van der Waals surface area contributed by atoms with Crippen molar-refractivity contribution < 1.29 is 4.74 Å². The summed E-state index contributed by atoms with van der Waals surface area (Å²) in [5.74, 6) is 2.20. The molecule has 4 rings (SSSR count). The average molecular weight is 318 g/mol. The Bertz CT molecular complexity index is 965. The van der Waals surface area contributed by atoms with Gasteiger partial charge in [0.25, 0.3) is 0 Å². The summed E-state index contributed by atoms with van der Waals surface area (Å²) in [6, 6.07) is 13.3. The average Bonchev–Trinajstić information content (AvgIpc) is 3.08. The molecule has 7 nitrogen and oxygen atoms in total. The van der Waals surface area contributed by atoms with Crippen molar-refractivity contribution in [3.8, 4) is 11.6 Å². The van der Waals surface area contributed by atoms with E-state index in [0.29, 0.717) is 17.3 Å². The molecule has 0 aliphatic rings. The number of aromatic nitrogens is 5. The third-order valence-electron chi connectivity index (χ3n) is 3.58. The van der Waals surface area contributed by atoms with Gasteiger partial charge in [-0.15, -0.1) is 0 Å². The van der Waals surface area contributed by atoms with Gasteiger partial charge in [0.05, 0.1) is 18.7 Å². The van der Waals surface area contributed by atoms with Crippen LogP contribution in [0.1, 0.15) is 0 Å². The summed E-state index contributed by atoms with van der Waals surface area (Å²) in [4.78, 5) is 13.0. The summed E-state index contributed by atoms with van der Waals surface area (Å²) in [6.07, 6.45) is 4.96. The summed E-state index contributed by atoms with van der Waals surface area (Å²) >= 11 is 0. The molecule has 0 fully saturated rings. The molecule has 1 N–H and O–H groups in total. The van der Waals surface area contributed by atoms with E-state index in [1.165, 1.54) is 6.33 Å². The second-order valence-corrected chi connectivity index (χ2v) is 5.06. The Balaban J connectivity index is 1.73. The van der Waals surface area contributed by atoms with Crippen molar-refractivity contribution in [1.29, 1.82) is 0 Å². The van der Waals surface area contributed by atoms with E-state index in [1.54, 1.807) is 24.2 Å². The van der Waals surface area contributed by atoms with E-state index in [2.05, 4.69) is 25.4 Å². The zero-order valence-corrected chi connectivity index (χ0v) is 12.9. The van der Waals surface area contributed by atoms with E-state index in [-0.39, 0.29) is 0 Å². The van der Waals surface area contributed by atoms with E-state index >= 15 is 0 Å². The van der Waals surface area contributed by atoms with Crippen molar-refractivity contribution in [2.45, 2.75) is 0 Å². The smallest absolute Gasteiger partial charge is 0.170 e. The van der Waals surface area contributed by atoms with Gasteiger partial charge < -0.3 is 10.1 Å². The van der Waals surface area contributed by atoms with Crippen LogP contribution in [-0.4, -0.2) is 31.8 Å². The minimum Gasteiger partial charge on any atom is -0.497 e. The maximum absolute atomic E-state index is 5.17. The monoisotopic (exact) mass is 318 g/mol. The quantitative estimate of drug-likeness (QED) is 0.623. The van der Waals surface area contributed by atoms with Crippen molar-refractivity contribution in [3.63, 3.8) is 0 Å². The topological polar surface area (TPSA) is 77.8 Å². The Morgan fingerprint density at radius 1 is 1.00 bits per heavy atom. The maximum Gasteiger partial charge on any atom is 0.170 e. The van der Waals surface area contributed by atoms with E-state index in [0.717, 1.165) is 16.8 Å². The second kappa shape index (κ2) is 5.96. The number of nitrogens with zero attached hydrogens (tertiary/aromatic N) is 5. The largest absolute Gasteiger partial charge is 0.497 e. The molecule has 7 heteroatoms. The normalized spacial score (nSPS) is 10.7. The summed E-state index contributed by atoms with van der Waals surface area (Å²) in [5.41, 5.74) is 1.60. The van der Waals surface area contributed by atoms with Gasteiger partial charge in [0.1, 0.15) is 17.9 Å². The van der Waals surface area contributed by atoms with Crippen molar-refractivity contribution >= 4 is 22.5 Å². The van der Waals surface area contributed by atoms with Crippen LogP contribution in [0.2, 0.25) is 0 Å². The third-order valence-corrected chi connectivity index (χ3v) is 3.58. The fourth-order valence-corrected chi connectivity index (χ4v) is 2.40. The Hall–Kier alpha value is -3.48. The lowest BCUT2D eigenvalue weighted by Gasteiger charge is -2.07. The lowest BCUT2D eigenvalue weighted by atomic mass is 10.3. The molecular formula is C17H14N6O. The first-order valence-corrected chi connectivity index (χ1v) is 7.36. The van der Waals surface area contributed by atoms with Crippen molar-refractivity contribution in [1.82, 2.24) is 24.7 Å². The highest BCUT2D eigenvalue weighted by molar-refractivity contribution is 5.88. The molecule has 3 aromatic heterocycles. The molecule has 0 bridgehead atoms. The van der Waals surface area contributed by atoms with Gasteiger partial charge in [-0.05, 0) is 36.4 Å². The highest BCUT2D eigenvalue weighted by Gasteiger charge is 2.11. The molecule has 0 spiro atoms. The van der Waals surface area contributed by atoms with Gasteiger partial charge in [0.15, 0.2) is 11.5 Å². The molecule has 0 amide bonds. The number of fused-ring (bicyclic) bond motifs is 1. The van der Waals surface area contributed by atoms with Crippen LogP contribution in [0.5, 0.6) is 5.75 Å². The van der Waals surface area contributed by atoms with Gasteiger partial charge in [-0.1, -0.05) is 6.07 Å². The fraction of sp³-hybridized carbons (Fsp3) is 0.0588. The maximum atomic E-state index is 5.17. The SMILES string of the molecule is COc1ccc(Nc2ncnc3c2cnn3-c2ccccn2)cc1. The molecule has 0 radical (unpaired) electrons. The molecule has 1 aromatic carbocycles. The van der Waals surface area contributed by atoms with Crippen LogP contribution in [0.15, 0.2) is 61.2 Å². The molecule has 3 heterocycles. The number of methoxy groups -OCH3 is 1. The third kappa shape index (κ3) is 2.52. The highest BCUT2D eigenvalue weighted by Crippen LogP contribution is 2.25. The summed E-state index contributed by atoms with van der Waals surface area (Å²) in [5, 5.41) is 8.49. The lowest BCUT2D eigenvalue weighted by molar-refractivity contribution is 0.415. The van der Waals surface area contributed by atoms with Crippen molar-refractivity contribution in [3.05, 3.63) is 61.2 Å². The summed E-state index contributed by atoms with van der Waals surface area (Å²) in [6.45, 7) is 0. The number of rotatable bonds is 4. The predicted molar refractivity (Wildman–Crippen MR) is 90.7 cm³/mol.